The smallest absolute Gasteiger partial charge is 0.232 e. The summed E-state index contributed by atoms with van der Waals surface area (Å²) in [6.07, 6.45) is 3.23. The van der Waals surface area contributed by atoms with E-state index in [0.717, 1.165) is 19.3 Å². The largest absolute Gasteiger partial charge is 0.378 e. The third-order valence-corrected chi connectivity index (χ3v) is 6.06. The van der Waals surface area contributed by atoms with E-state index in [2.05, 4.69) is 34.3 Å². The lowest BCUT2D eigenvalue weighted by Gasteiger charge is -2.27. The molecule has 7 nitrogen and oxygen atoms in total. The van der Waals surface area contributed by atoms with Crippen LogP contribution < -0.4 is 10.2 Å². The van der Waals surface area contributed by atoms with Gasteiger partial charge in [-0.25, -0.2) is 4.39 Å². The summed E-state index contributed by atoms with van der Waals surface area (Å²) >= 11 is 1.31. The summed E-state index contributed by atoms with van der Waals surface area (Å²) in [7, 11) is 0. The Hall–Kier alpha value is -2.13. The van der Waals surface area contributed by atoms with Gasteiger partial charge >= 0.3 is 0 Å². The van der Waals surface area contributed by atoms with E-state index >= 15 is 0 Å². The molecular weight excluding hydrogens is 417 g/mol. The van der Waals surface area contributed by atoms with Gasteiger partial charge < -0.3 is 15.0 Å². The standard InChI is InChI=1S/C22H32FN5O2S/c1-16(2)6-4-7-17(3)24-20(29)15-31-22-26-25-21(27-10-12-30-13-11-27)28(22)19-9-5-8-18(23)14-19/h5,8-9,14,16-17H,4,6-7,10-13,15H2,1-3H3,(H,24,29). The summed E-state index contributed by atoms with van der Waals surface area (Å²) in [6, 6.07) is 6.47. The summed E-state index contributed by atoms with van der Waals surface area (Å²) in [5, 5.41) is 12.3. The number of benzene rings is 1. The molecule has 0 spiro atoms. The van der Waals surface area contributed by atoms with E-state index < -0.39 is 0 Å². The molecule has 1 aromatic heterocycles. The SMILES string of the molecule is CC(C)CCCC(C)NC(=O)CSc1nnc(N2CCOCC2)n1-c1cccc(F)c1. The Morgan fingerprint density at radius 2 is 2.00 bits per heavy atom. The van der Waals surface area contributed by atoms with Crippen molar-refractivity contribution in [2.24, 2.45) is 5.92 Å². The predicted molar refractivity (Wildman–Crippen MR) is 121 cm³/mol. The van der Waals surface area contributed by atoms with Crippen molar-refractivity contribution in [3.05, 3.63) is 30.1 Å². The number of ether oxygens (including phenoxy) is 1. The number of carbonyl (C=O) groups excluding carboxylic acids is 1. The first-order valence-electron chi connectivity index (χ1n) is 10.9. The van der Waals surface area contributed by atoms with Crippen LogP contribution in [0.4, 0.5) is 10.3 Å². The zero-order chi connectivity index (χ0) is 22.2. The van der Waals surface area contributed by atoms with E-state index in [1.165, 1.54) is 23.9 Å². The van der Waals surface area contributed by atoms with Gasteiger partial charge in [0.15, 0.2) is 5.16 Å². The predicted octanol–water partition coefficient (Wildman–Crippen LogP) is 3.67. The summed E-state index contributed by atoms with van der Waals surface area (Å²) < 4.78 is 21.2. The van der Waals surface area contributed by atoms with Gasteiger partial charge in [0, 0.05) is 19.1 Å². The highest BCUT2D eigenvalue weighted by Gasteiger charge is 2.22. The fourth-order valence-corrected chi connectivity index (χ4v) is 4.27. The molecule has 3 rings (SSSR count). The van der Waals surface area contributed by atoms with Gasteiger partial charge in [-0.15, -0.1) is 10.2 Å². The molecule has 1 unspecified atom stereocenters. The fourth-order valence-electron chi connectivity index (χ4n) is 3.52. The molecule has 0 saturated carbocycles. The maximum absolute atomic E-state index is 13.9. The molecule has 1 fully saturated rings. The van der Waals surface area contributed by atoms with Crippen LogP contribution in [0.25, 0.3) is 5.69 Å². The second kappa shape index (κ2) is 11.5. The number of hydrogen-bond acceptors (Lipinski definition) is 6. The van der Waals surface area contributed by atoms with E-state index in [1.807, 2.05) is 17.6 Å². The highest BCUT2D eigenvalue weighted by atomic mass is 32.2. The van der Waals surface area contributed by atoms with Gasteiger partial charge in [0.1, 0.15) is 5.82 Å². The summed E-state index contributed by atoms with van der Waals surface area (Å²) in [5.74, 6) is 1.17. The molecular formula is C22H32FN5O2S. The molecule has 1 aliphatic heterocycles. The zero-order valence-corrected chi connectivity index (χ0v) is 19.3. The number of thioether (sulfide) groups is 1. The number of morpholine rings is 1. The van der Waals surface area contributed by atoms with Crippen LogP contribution in [0.1, 0.15) is 40.0 Å². The van der Waals surface area contributed by atoms with E-state index in [-0.39, 0.29) is 23.5 Å². The number of carbonyl (C=O) groups is 1. The maximum atomic E-state index is 13.9. The number of rotatable bonds is 10. The number of hydrogen-bond donors (Lipinski definition) is 1. The summed E-state index contributed by atoms with van der Waals surface area (Å²) in [6.45, 7) is 9.04. The van der Waals surface area contributed by atoms with Gasteiger partial charge in [0.2, 0.25) is 11.9 Å². The maximum Gasteiger partial charge on any atom is 0.232 e. The Bertz CT molecular complexity index is 854. The van der Waals surface area contributed by atoms with Crippen LogP contribution in [0, 0.1) is 11.7 Å². The molecule has 1 aliphatic rings. The van der Waals surface area contributed by atoms with Crippen molar-refractivity contribution in [1.29, 1.82) is 0 Å². The molecule has 2 heterocycles. The first kappa shape index (κ1) is 23.5. The number of anilines is 1. The van der Waals surface area contributed by atoms with E-state index in [1.54, 1.807) is 6.07 Å². The Morgan fingerprint density at radius 3 is 2.71 bits per heavy atom. The van der Waals surface area contributed by atoms with Crippen LogP contribution in [-0.4, -0.2) is 58.8 Å². The Kier molecular flexibility index (Phi) is 8.71. The first-order chi connectivity index (χ1) is 14.9. The third-order valence-electron chi connectivity index (χ3n) is 5.13. The van der Waals surface area contributed by atoms with Crippen molar-refractivity contribution in [2.45, 2.75) is 51.2 Å². The van der Waals surface area contributed by atoms with Crippen LogP contribution >= 0.6 is 11.8 Å². The Balaban J connectivity index is 1.68. The van der Waals surface area contributed by atoms with Crippen LogP contribution in [0.3, 0.4) is 0 Å². The summed E-state index contributed by atoms with van der Waals surface area (Å²) in [5.41, 5.74) is 0.636. The Morgan fingerprint density at radius 1 is 1.23 bits per heavy atom. The molecule has 2 aromatic rings. The molecule has 1 N–H and O–H groups in total. The normalized spacial score (nSPS) is 15.3. The number of nitrogens with zero attached hydrogens (tertiary/aromatic N) is 4. The first-order valence-corrected chi connectivity index (χ1v) is 11.9. The second-order valence-electron chi connectivity index (χ2n) is 8.28. The van der Waals surface area contributed by atoms with Gasteiger partial charge in [-0.05, 0) is 37.5 Å². The molecule has 31 heavy (non-hydrogen) atoms. The fraction of sp³-hybridized carbons (Fsp3) is 0.591. The molecule has 170 valence electrons. The molecule has 0 bridgehead atoms. The van der Waals surface area contributed by atoms with Crippen molar-refractivity contribution in [2.75, 3.05) is 37.0 Å². The minimum atomic E-state index is -0.331. The van der Waals surface area contributed by atoms with E-state index in [0.29, 0.717) is 49.0 Å². The van der Waals surface area contributed by atoms with Gasteiger partial charge in [-0.2, -0.15) is 0 Å². The minimum Gasteiger partial charge on any atom is -0.378 e. The quantitative estimate of drug-likeness (QED) is 0.558. The Labute approximate surface area is 187 Å². The van der Waals surface area contributed by atoms with Gasteiger partial charge in [0.05, 0.1) is 24.7 Å². The van der Waals surface area contributed by atoms with Crippen molar-refractivity contribution in [3.63, 3.8) is 0 Å². The third kappa shape index (κ3) is 6.93. The number of aromatic nitrogens is 3. The number of nitrogens with one attached hydrogen (secondary N) is 1. The molecule has 9 heteroatoms. The minimum absolute atomic E-state index is 0.0382. The molecule has 1 amide bonds. The lowest BCUT2D eigenvalue weighted by atomic mass is 10.0. The van der Waals surface area contributed by atoms with Crippen LogP contribution in [0.5, 0.6) is 0 Å². The summed E-state index contributed by atoms with van der Waals surface area (Å²) in [4.78, 5) is 14.5. The molecule has 1 aromatic carbocycles. The van der Waals surface area contributed by atoms with Crippen molar-refractivity contribution < 1.29 is 13.9 Å². The van der Waals surface area contributed by atoms with E-state index in [9.17, 15) is 9.18 Å². The van der Waals surface area contributed by atoms with Crippen molar-refractivity contribution >= 4 is 23.6 Å². The van der Waals surface area contributed by atoms with Crippen LogP contribution in [0.2, 0.25) is 0 Å². The zero-order valence-electron chi connectivity index (χ0n) is 18.5. The average molecular weight is 450 g/mol. The molecule has 0 radical (unpaired) electrons. The highest BCUT2D eigenvalue weighted by molar-refractivity contribution is 7.99. The van der Waals surface area contributed by atoms with Crippen molar-refractivity contribution in [1.82, 2.24) is 20.1 Å². The monoisotopic (exact) mass is 449 g/mol. The second-order valence-corrected chi connectivity index (χ2v) is 9.22. The molecule has 1 saturated heterocycles. The van der Waals surface area contributed by atoms with Crippen LogP contribution in [0.15, 0.2) is 29.4 Å². The topological polar surface area (TPSA) is 72.3 Å². The van der Waals surface area contributed by atoms with Gasteiger partial charge in [-0.1, -0.05) is 44.5 Å². The lowest BCUT2D eigenvalue weighted by molar-refractivity contribution is -0.119. The van der Waals surface area contributed by atoms with Gasteiger partial charge in [-0.3, -0.25) is 9.36 Å². The highest BCUT2D eigenvalue weighted by Crippen LogP contribution is 2.27. The average Bonchev–Trinajstić information content (AvgIpc) is 3.16. The molecule has 0 aliphatic carbocycles. The number of amides is 1. The number of halogens is 1. The van der Waals surface area contributed by atoms with Crippen LogP contribution in [-0.2, 0) is 9.53 Å². The van der Waals surface area contributed by atoms with Gasteiger partial charge in [0.25, 0.3) is 0 Å². The van der Waals surface area contributed by atoms with Crippen molar-refractivity contribution in [3.8, 4) is 5.69 Å². The lowest BCUT2D eigenvalue weighted by Crippen LogP contribution is -2.38. The van der Waals surface area contributed by atoms with E-state index in [4.69, 9.17) is 4.74 Å². The molecule has 1 atom stereocenters.